The van der Waals surface area contributed by atoms with E-state index < -0.39 is 10.0 Å². The smallest absolute Gasteiger partial charge is 0.258 e. The molecule has 108 valence electrons. The Labute approximate surface area is 117 Å². The lowest BCUT2D eigenvalue weighted by molar-refractivity contribution is 0.579. The molecule has 2 N–H and O–H groups in total. The molecule has 1 heterocycles. The van der Waals surface area contributed by atoms with Crippen LogP contribution in [-0.2, 0) is 16.4 Å². The van der Waals surface area contributed by atoms with Gasteiger partial charge in [-0.05, 0) is 18.6 Å². The third-order valence-corrected chi connectivity index (χ3v) is 4.41. The summed E-state index contributed by atoms with van der Waals surface area (Å²) in [4.78, 5) is 18.8. The molecule has 0 unspecified atom stereocenters. The fourth-order valence-electron chi connectivity index (χ4n) is 1.92. The van der Waals surface area contributed by atoms with E-state index in [0.29, 0.717) is 29.6 Å². The van der Waals surface area contributed by atoms with Crippen LogP contribution in [0.2, 0.25) is 0 Å². The minimum Gasteiger partial charge on any atom is -0.310 e. The van der Waals surface area contributed by atoms with Gasteiger partial charge in [0.25, 0.3) is 5.56 Å². The van der Waals surface area contributed by atoms with Crippen LogP contribution in [0.5, 0.6) is 0 Å². The monoisotopic (exact) mass is 295 g/mol. The summed E-state index contributed by atoms with van der Waals surface area (Å²) < 4.78 is 25.5. The van der Waals surface area contributed by atoms with Crippen LogP contribution in [0.15, 0.2) is 29.1 Å². The van der Waals surface area contributed by atoms with Crippen molar-refractivity contribution in [3.8, 4) is 0 Å². The first-order chi connectivity index (χ1) is 9.52. The fraction of sp³-hybridized carbons (Fsp3) is 0.385. The second kappa shape index (κ2) is 6.15. The highest BCUT2D eigenvalue weighted by atomic mass is 32.2. The molecule has 0 aliphatic rings. The van der Waals surface area contributed by atoms with Gasteiger partial charge in [0.1, 0.15) is 5.82 Å². The molecule has 1 aromatic carbocycles. The van der Waals surface area contributed by atoms with Gasteiger partial charge in [-0.3, -0.25) is 4.79 Å². The quantitative estimate of drug-likeness (QED) is 0.824. The van der Waals surface area contributed by atoms with Crippen molar-refractivity contribution in [3.63, 3.8) is 0 Å². The third-order valence-electron chi connectivity index (χ3n) is 2.82. The number of rotatable bonds is 6. The van der Waals surface area contributed by atoms with Crippen LogP contribution in [0.25, 0.3) is 10.9 Å². The molecule has 0 spiro atoms. The molecule has 0 amide bonds. The van der Waals surface area contributed by atoms with E-state index >= 15 is 0 Å². The van der Waals surface area contributed by atoms with Crippen LogP contribution >= 0.6 is 0 Å². The van der Waals surface area contributed by atoms with Gasteiger partial charge in [0, 0.05) is 13.0 Å². The van der Waals surface area contributed by atoms with Gasteiger partial charge >= 0.3 is 0 Å². The Balaban J connectivity index is 2.09. The number of hydrogen-bond donors (Lipinski definition) is 2. The molecule has 2 aromatic rings. The standard InChI is InChI=1S/C13H17N3O3S/c1-2-9-20(18,19)14-8-7-12-15-11-6-4-3-5-10(11)13(17)16-12/h3-6,14H,2,7-9H2,1H3,(H,15,16,17). The average Bonchev–Trinajstić information content (AvgIpc) is 2.38. The molecule has 0 aliphatic heterocycles. The topological polar surface area (TPSA) is 91.9 Å². The van der Waals surface area contributed by atoms with Gasteiger partial charge in [-0.2, -0.15) is 0 Å². The maximum Gasteiger partial charge on any atom is 0.258 e. The fourth-order valence-corrected chi connectivity index (χ4v) is 3.01. The van der Waals surface area contributed by atoms with Crippen LogP contribution < -0.4 is 10.3 Å². The zero-order valence-corrected chi connectivity index (χ0v) is 12.0. The minimum atomic E-state index is -3.22. The van der Waals surface area contributed by atoms with Crippen molar-refractivity contribution >= 4 is 20.9 Å². The van der Waals surface area contributed by atoms with Crippen molar-refractivity contribution in [2.75, 3.05) is 12.3 Å². The molecule has 6 nitrogen and oxygen atoms in total. The second-order valence-electron chi connectivity index (χ2n) is 4.49. The van der Waals surface area contributed by atoms with Gasteiger partial charge in [0.05, 0.1) is 16.7 Å². The van der Waals surface area contributed by atoms with Crippen molar-refractivity contribution in [2.45, 2.75) is 19.8 Å². The summed E-state index contributed by atoms with van der Waals surface area (Å²) in [6.45, 7) is 2.03. The lowest BCUT2D eigenvalue weighted by Gasteiger charge is -2.05. The zero-order chi connectivity index (χ0) is 14.6. The maximum atomic E-state index is 11.8. The average molecular weight is 295 g/mol. The summed E-state index contributed by atoms with van der Waals surface area (Å²) in [5, 5.41) is 0.530. The summed E-state index contributed by atoms with van der Waals surface area (Å²) in [7, 11) is -3.22. The van der Waals surface area contributed by atoms with E-state index in [1.807, 2.05) is 13.0 Å². The summed E-state index contributed by atoms with van der Waals surface area (Å²) in [6.07, 6.45) is 0.920. The van der Waals surface area contributed by atoms with Crippen molar-refractivity contribution in [1.82, 2.24) is 14.7 Å². The minimum absolute atomic E-state index is 0.106. The van der Waals surface area contributed by atoms with Gasteiger partial charge in [-0.1, -0.05) is 19.1 Å². The number of aromatic amines is 1. The molecule has 0 saturated heterocycles. The first-order valence-corrected chi connectivity index (χ1v) is 8.12. The summed E-state index contributed by atoms with van der Waals surface area (Å²) in [6, 6.07) is 7.05. The number of para-hydroxylation sites is 1. The number of sulfonamides is 1. The summed E-state index contributed by atoms with van der Waals surface area (Å²) in [5.74, 6) is 0.585. The van der Waals surface area contributed by atoms with E-state index in [2.05, 4.69) is 14.7 Å². The number of fused-ring (bicyclic) bond motifs is 1. The van der Waals surface area contributed by atoms with Crippen LogP contribution in [-0.4, -0.2) is 30.7 Å². The Morgan fingerprint density at radius 2 is 2.05 bits per heavy atom. The van der Waals surface area contributed by atoms with E-state index in [0.717, 1.165) is 0 Å². The van der Waals surface area contributed by atoms with Gasteiger partial charge in [-0.15, -0.1) is 0 Å². The number of aromatic nitrogens is 2. The third kappa shape index (κ3) is 3.64. The highest BCUT2D eigenvalue weighted by Gasteiger charge is 2.08. The Hall–Kier alpha value is -1.73. The van der Waals surface area contributed by atoms with E-state index in [1.54, 1.807) is 18.2 Å². The number of hydrogen-bond acceptors (Lipinski definition) is 4. The molecule has 0 bridgehead atoms. The van der Waals surface area contributed by atoms with Gasteiger partial charge in [0.15, 0.2) is 0 Å². The summed E-state index contributed by atoms with van der Waals surface area (Å²) >= 11 is 0. The van der Waals surface area contributed by atoms with Crippen LogP contribution in [0.4, 0.5) is 0 Å². The van der Waals surface area contributed by atoms with E-state index in [4.69, 9.17) is 0 Å². The Bertz CT molecular complexity index is 753. The van der Waals surface area contributed by atoms with E-state index in [-0.39, 0.29) is 17.9 Å². The Morgan fingerprint density at radius 3 is 2.80 bits per heavy atom. The molecule has 7 heteroatoms. The van der Waals surface area contributed by atoms with E-state index in [9.17, 15) is 13.2 Å². The van der Waals surface area contributed by atoms with Crippen LogP contribution in [0.3, 0.4) is 0 Å². The number of benzene rings is 1. The SMILES string of the molecule is CCCS(=O)(=O)NCCc1nc2ccccc2c(=O)[nH]1. The molecule has 0 radical (unpaired) electrons. The number of H-pyrrole nitrogens is 1. The van der Waals surface area contributed by atoms with Gasteiger partial charge in [-0.25, -0.2) is 18.1 Å². The van der Waals surface area contributed by atoms with Crippen LogP contribution in [0, 0.1) is 0 Å². The molecule has 0 fully saturated rings. The van der Waals surface area contributed by atoms with E-state index in [1.165, 1.54) is 0 Å². The zero-order valence-electron chi connectivity index (χ0n) is 11.2. The lowest BCUT2D eigenvalue weighted by atomic mass is 10.2. The molecule has 0 aliphatic carbocycles. The predicted molar refractivity (Wildman–Crippen MR) is 78.1 cm³/mol. The molecular formula is C13H17N3O3S. The number of nitrogens with one attached hydrogen (secondary N) is 2. The van der Waals surface area contributed by atoms with Gasteiger partial charge < -0.3 is 4.98 Å². The van der Waals surface area contributed by atoms with Crippen molar-refractivity contribution in [2.24, 2.45) is 0 Å². The molecule has 0 atom stereocenters. The molecule has 20 heavy (non-hydrogen) atoms. The highest BCUT2D eigenvalue weighted by Crippen LogP contribution is 2.05. The Morgan fingerprint density at radius 1 is 1.30 bits per heavy atom. The molecule has 1 aromatic heterocycles. The first-order valence-electron chi connectivity index (χ1n) is 6.47. The van der Waals surface area contributed by atoms with Gasteiger partial charge in [0.2, 0.25) is 10.0 Å². The second-order valence-corrected chi connectivity index (χ2v) is 6.42. The van der Waals surface area contributed by atoms with Crippen molar-refractivity contribution < 1.29 is 8.42 Å². The largest absolute Gasteiger partial charge is 0.310 e. The molecule has 0 saturated carbocycles. The predicted octanol–water partition coefficient (Wildman–Crippen LogP) is 0.795. The van der Waals surface area contributed by atoms with Crippen LogP contribution in [0.1, 0.15) is 19.2 Å². The normalized spacial score (nSPS) is 11.8. The maximum absolute atomic E-state index is 11.8. The number of nitrogens with zero attached hydrogens (tertiary/aromatic N) is 1. The lowest BCUT2D eigenvalue weighted by Crippen LogP contribution is -2.29. The Kier molecular flexibility index (Phi) is 4.51. The molecule has 2 rings (SSSR count). The molecular weight excluding hydrogens is 278 g/mol. The first kappa shape index (κ1) is 14.7. The van der Waals surface area contributed by atoms with Crippen molar-refractivity contribution in [3.05, 3.63) is 40.4 Å². The summed E-state index contributed by atoms with van der Waals surface area (Å²) in [5.41, 5.74) is 0.407. The highest BCUT2D eigenvalue weighted by molar-refractivity contribution is 7.89. The van der Waals surface area contributed by atoms with Crippen molar-refractivity contribution in [1.29, 1.82) is 0 Å².